The van der Waals surface area contributed by atoms with Crippen molar-refractivity contribution in [2.24, 2.45) is 11.1 Å². The van der Waals surface area contributed by atoms with Gasteiger partial charge in [0.2, 0.25) is 0 Å². The Kier molecular flexibility index (Phi) is 4.98. The molecule has 112 valence electrons. The topological polar surface area (TPSA) is 68.0 Å². The van der Waals surface area contributed by atoms with Gasteiger partial charge in [-0.3, -0.25) is 4.79 Å². The first-order chi connectivity index (χ1) is 10.00. The second kappa shape index (κ2) is 6.73. The van der Waals surface area contributed by atoms with Crippen molar-refractivity contribution in [3.63, 3.8) is 0 Å². The molecule has 1 aliphatic rings. The Bertz CT molecular complexity index is 542. The molecule has 2 rings (SSSR count). The summed E-state index contributed by atoms with van der Waals surface area (Å²) in [4.78, 5) is 16.3. The molecule has 1 saturated carbocycles. The average Bonchev–Trinajstić information content (AvgIpc) is 2.48. The van der Waals surface area contributed by atoms with Crippen LogP contribution in [0.1, 0.15) is 55.6 Å². The first-order valence-electron chi connectivity index (χ1n) is 7.46. The van der Waals surface area contributed by atoms with Crippen LogP contribution in [0.15, 0.2) is 18.3 Å². The van der Waals surface area contributed by atoms with Gasteiger partial charge in [0.05, 0.1) is 6.54 Å². The lowest BCUT2D eigenvalue weighted by Gasteiger charge is -2.34. The summed E-state index contributed by atoms with van der Waals surface area (Å²) in [7, 11) is 0. The minimum atomic E-state index is -0.0990. The zero-order valence-corrected chi connectivity index (χ0v) is 12.8. The van der Waals surface area contributed by atoms with E-state index >= 15 is 0 Å². The zero-order valence-electron chi connectivity index (χ0n) is 12.8. The fourth-order valence-electron chi connectivity index (χ4n) is 2.56. The van der Waals surface area contributed by atoms with Crippen molar-refractivity contribution in [3.05, 3.63) is 29.6 Å². The van der Waals surface area contributed by atoms with E-state index in [1.165, 1.54) is 0 Å². The number of hydrogen-bond acceptors (Lipinski definition) is 3. The number of pyridine rings is 1. The molecule has 0 aliphatic heterocycles. The summed E-state index contributed by atoms with van der Waals surface area (Å²) in [5, 5.41) is 3.08. The van der Waals surface area contributed by atoms with Crippen molar-refractivity contribution in [1.29, 1.82) is 0 Å². The molecule has 0 saturated heterocycles. The van der Waals surface area contributed by atoms with E-state index in [2.05, 4.69) is 36.0 Å². The third-order valence-corrected chi connectivity index (χ3v) is 4.01. The van der Waals surface area contributed by atoms with Crippen LogP contribution in [0, 0.1) is 17.3 Å². The van der Waals surface area contributed by atoms with Crippen molar-refractivity contribution >= 4 is 5.91 Å². The molecule has 3 N–H and O–H groups in total. The molecule has 21 heavy (non-hydrogen) atoms. The Hall–Kier alpha value is -1.86. The monoisotopic (exact) mass is 285 g/mol. The van der Waals surface area contributed by atoms with Gasteiger partial charge in [-0.05, 0) is 43.2 Å². The Morgan fingerprint density at radius 3 is 2.71 bits per heavy atom. The molecule has 4 nitrogen and oxygen atoms in total. The minimum absolute atomic E-state index is 0.0990. The van der Waals surface area contributed by atoms with E-state index in [1.807, 2.05) is 0 Å². The van der Waals surface area contributed by atoms with Crippen LogP contribution in [-0.2, 0) is 0 Å². The zero-order chi connectivity index (χ0) is 15.3. The van der Waals surface area contributed by atoms with Crippen LogP contribution >= 0.6 is 0 Å². The SMILES string of the molecule is CC1(C)CCC(NC(=O)c2ccc(C#CCN)cn2)CC1. The van der Waals surface area contributed by atoms with E-state index in [4.69, 9.17) is 5.73 Å². The lowest BCUT2D eigenvalue weighted by atomic mass is 9.75. The van der Waals surface area contributed by atoms with Gasteiger partial charge >= 0.3 is 0 Å². The normalized spacial score (nSPS) is 17.7. The summed E-state index contributed by atoms with van der Waals surface area (Å²) in [5.74, 6) is 5.56. The van der Waals surface area contributed by atoms with Crippen molar-refractivity contribution in [2.45, 2.75) is 45.6 Å². The molecule has 1 aliphatic carbocycles. The number of carbonyl (C=O) groups excluding carboxylic acids is 1. The second-order valence-corrected chi connectivity index (χ2v) is 6.35. The van der Waals surface area contributed by atoms with E-state index in [1.54, 1.807) is 18.3 Å². The predicted molar refractivity (Wildman–Crippen MR) is 83.7 cm³/mol. The largest absolute Gasteiger partial charge is 0.348 e. The number of nitrogens with zero attached hydrogens (tertiary/aromatic N) is 1. The van der Waals surface area contributed by atoms with E-state index in [0.29, 0.717) is 17.7 Å². The Morgan fingerprint density at radius 2 is 2.14 bits per heavy atom. The van der Waals surface area contributed by atoms with Crippen molar-refractivity contribution < 1.29 is 4.79 Å². The second-order valence-electron chi connectivity index (χ2n) is 6.35. The highest BCUT2D eigenvalue weighted by molar-refractivity contribution is 5.92. The molecule has 1 heterocycles. The number of nitrogens with two attached hydrogens (primary N) is 1. The Morgan fingerprint density at radius 1 is 1.43 bits per heavy atom. The molecule has 1 amide bonds. The van der Waals surface area contributed by atoms with Crippen LogP contribution in [0.4, 0.5) is 0 Å². The molecule has 0 radical (unpaired) electrons. The number of hydrogen-bond donors (Lipinski definition) is 2. The quantitative estimate of drug-likeness (QED) is 0.818. The van der Waals surface area contributed by atoms with Gasteiger partial charge < -0.3 is 11.1 Å². The summed E-state index contributed by atoms with van der Waals surface area (Å²) in [6.07, 6.45) is 6.00. The molecule has 1 fully saturated rings. The molecular weight excluding hydrogens is 262 g/mol. The van der Waals surface area contributed by atoms with Gasteiger partial charge in [0.1, 0.15) is 5.69 Å². The van der Waals surface area contributed by atoms with Crippen LogP contribution in [0.5, 0.6) is 0 Å². The average molecular weight is 285 g/mol. The summed E-state index contributed by atoms with van der Waals surface area (Å²) < 4.78 is 0. The van der Waals surface area contributed by atoms with E-state index < -0.39 is 0 Å². The lowest BCUT2D eigenvalue weighted by molar-refractivity contribution is 0.0904. The lowest BCUT2D eigenvalue weighted by Crippen LogP contribution is -2.39. The fourth-order valence-corrected chi connectivity index (χ4v) is 2.56. The molecular formula is C17H23N3O. The van der Waals surface area contributed by atoms with Crippen LogP contribution in [0.25, 0.3) is 0 Å². The maximum atomic E-state index is 12.2. The van der Waals surface area contributed by atoms with Gasteiger partial charge in [-0.15, -0.1) is 0 Å². The predicted octanol–water partition coefficient (Wildman–Crippen LogP) is 2.09. The highest BCUT2D eigenvalue weighted by Gasteiger charge is 2.27. The molecule has 4 heteroatoms. The minimum Gasteiger partial charge on any atom is -0.348 e. The Labute approximate surface area is 126 Å². The summed E-state index contributed by atoms with van der Waals surface area (Å²) in [5.41, 5.74) is 6.94. The van der Waals surface area contributed by atoms with Gasteiger partial charge in [0.15, 0.2) is 0 Å². The highest BCUT2D eigenvalue weighted by atomic mass is 16.1. The Balaban J connectivity index is 1.92. The number of rotatable bonds is 2. The van der Waals surface area contributed by atoms with Crippen LogP contribution in [-0.4, -0.2) is 23.5 Å². The van der Waals surface area contributed by atoms with Crippen LogP contribution in [0.2, 0.25) is 0 Å². The van der Waals surface area contributed by atoms with Crippen LogP contribution < -0.4 is 11.1 Å². The van der Waals surface area contributed by atoms with Gasteiger partial charge in [-0.2, -0.15) is 0 Å². The summed E-state index contributed by atoms with van der Waals surface area (Å²) in [6, 6.07) is 3.78. The van der Waals surface area contributed by atoms with Crippen molar-refractivity contribution in [2.75, 3.05) is 6.54 Å². The maximum absolute atomic E-state index is 12.2. The smallest absolute Gasteiger partial charge is 0.270 e. The molecule has 0 unspecified atom stereocenters. The van der Waals surface area contributed by atoms with E-state index in [9.17, 15) is 4.79 Å². The summed E-state index contributed by atoms with van der Waals surface area (Å²) in [6.45, 7) is 4.89. The molecule has 0 spiro atoms. The first-order valence-corrected chi connectivity index (χ1v) is 7.46. The van der Waals surface area contributed by atoms with Crippen molar-refractivity contribution in [1.82, 2.24) is 10.3 Å². The molecule has 0 aromatic carbocycles. The summed E-state index contributed by atoms with van der Waals surface area (Å²) >= 11 is 0. The van der Waals surface area contributed by atoms with Gasteiger partial charge in [0.25, 0.3) is 5.91 Å². The third kappa shape index (κ3) is 4.57. The molecule has 0 atom stereocenters. The third-order valence-electron chi connectivity index (χ3n) is 4.01. The number of nitrogens with one attached hydrogen (secondary N) is 1. The fraction of sp³-hybridized carbons (Fsp3) is 0.529. The first kappa shape index (κ1) is 15.5. The van der Waals surface area contributed by atoms with Crippen LogP contribution in [0.3, 0.4) is 0 Å². The molecule has 1 aromatic rings. The highest BCUT2D eigenvalue weighted by Crippen LogP contribution is 2.34. The van der Waals surface area contributed by atoms with Gasteiger partial charge in [0, 0.05) is 17.8 Å². The number of amides is 1. The standard InChI is InChI=1S/C17H23N3O/c1-17(2)9-7-14(8-10-17)20-16(21)15-6-5-13(12-19-15)4-3-11-18/h5-6,12,14H,7-11,18H2,1-2H3,(H,20,21). The van der Waals surface area contributed by atoms with E-state index in [0.717, 1.165) is 31.2 Å². The maximum Gasteiger partial charge on any atom is 0.270 e. The number of carbonyl (C=O) groups is 1. The van der Waals surface area contributed by atoms with E-state index in [-0.39, 0.29) is 11.9 Å². The number of aromatic nitrogens is 1. The molecule has 1 aromatic heterocycles. The van der Waals surface area contributed by atoms with Crippen molar-refractivity contribution in [3.8, 4) is 11.8 Å². The van der Waals surface area contributed by atoms with Gasteiger partial charge in [-0.1, -0.05) is 25.7 Å². The van der Waals surface area contributed by atoms with Gasteiger partial charge in [-0.25, -0.2) is 4.98 Å². The molecule has 0 bridgehead atoms.